The third-order valence-electron chi connectivity index (χ3n) is 1.85. The van der Waals surface area contributed by atoms with Crippen molar-refractivity contribution in [2.45, 2.75) is 26.8 Å². The Balaban J connectivity index is 2.51. The van der Waals surface area contributed by atoms with Gasteiger partial charge in [-0.05, 0) is 18.4 Å². The molecule has 1 heterocycles. The number of rotatable bonds is 3. The van der Waals surface area contributed by atoms with Crippen LogP contribution in [0.25, 0.3) is 0 Å². The van der Waals surface area contributed by atoms with Crippen molar-refractivity contribution in [3.8, 4) is 0 Å². The van der Waals surface area contributed by atoms with Crippen LogP contribution >= 0.6 is 11.3 Å². The first-order valence-electron chi connectivity index (χ1n) is 4.45. The van der Waals surface area contributed by atoms with Gasteiger partial charge in [-0.25, -0.2) is 0 Å². The van der Waals surface area contributed by atoms with Crippen LogP contribution in [-0.4, -0.2) is 5.91 Å². The average Bonchev–Trinajstić information content (AvgIpc) is 2.55. The number of thiophene rings is 1. The van der Waals surface area contributed by atoms with Crippen LogP contribution in [0.1, 0.15) is 31.7 Å². The highest BCUT2D eigenvalue weighted by Crippen LogP contribution is 2.18. The quantitative estimate of drug-likeness (QED) is 0.792. The molecule has 0 aromatic carbocycles. The Morgan fingerprint density at radius 1 is 1.46 bits per heavy atom. The van der Waals surface area contributed by atoms with Crippen LogP contribution in [0.5, 0.6) is 0 Å². The van der Waals surface area contributed by atoms with Crippen LogP contribution in [-0.2, 0) is 4.79 Å². The summed E-state index contributed by atoms with van der Waals surface area (Å²) in [5.41, 5.74) is 0. The Hall–Kier alpha value is -0.830. The van der Waals surface area contributed by atoms with Gasteiger partial charge < -0.3 is 5.32 Å². The first-order chi connectivity index (χ1) is 6.11. The van der Waals surface area contributed by atoms with Crippen molar-refractivity contribution in [1.29, 1.82) is 0 Å². The van der Waals surface area contributed by atoms with Crippen molar-refractivity contribution in [2.75, 3.05) is 0 Å². The number of nitrogens with one attached hydrogen (secondary N) is 1. The van der Waals surface area contributed by atoms with Gasteiger partial charge in [-0.2, -0.15) is 0 Å². The summed E-state index contributed by atoms with van der Waals surface area (Å²) in [5, 5.41) is 4.97. The Morgan fingerprint density at radius 2 is 2.15 bits per heavy atom. The zero-order valence-electron chi connectivity index (χ0n) is 8.20. The van der Waals surface area contributed by atoms with Gasteiger partial charge in [-0.1, -0.05) is 19.9 Å². The van der Waals surface area contributed by atoms with E-state index in [1.54, 1.807) is 11.3 Å². The molecule has 72 valence electrons. The number of hydrogen-bond donors (Lipinski definition) is 1. The molecule has 0 saturated carbocycles. The molecular formula is C10H15NOS. The smallest absolute Gasteiger partial charge is 0.223 e. The molecule has 0 spiro atoms. The lowest BCUT2D eigenvalue weighted by atomic mass is 10.2. The van der Waals surface area contributed by atoms with Crippen molar-refractivity contribution in [1.82, 2.24) is 5.32 Å². The minimum absolute atomic E-state index is 0.0578. The van der Waals surface area contributed by atoms with Gasteiger partial charge in [0.05, 0.1) is 6.04 Å². The Bertz CT molecular complexity index is 266. The van der Waals surface area contributed by atoms with Crippen LogP contribution < -0.4 is 5.32 Å². The van der Waals surface area contributed by atoms with E-state index < -0.39 is 0 Å². The first-order valence-corrected chi connectivity index (χ1v) is 5.33. The van der Waals surface area contributed by atoms with Gasteiger partial charge in [-0.15, -0.1) is 11.3 Å². The monoisotopic (exact) mass is 197 g/mol. The molecule has 1 atom stereocenters. The molecule has 1 amide bonds. The summed E-state index contributed by atoms with van der Waals surface area (Å²) in [6, 6.07) is 4.17. The van der Waals surface area contributed by atoms with E-state index in [-0.39, 0.29) is 17.9 Å². The molecular weight excluding hydrogens is 182 g/mol. The molecule has 0 saturated heterocycles. The number of carbonyl (C=O) groups excluding carboxylic acids is 1. The second-order valence-corrected chi connectivity index (χ2v) is 4.38. The minimum atomic E-state index is 0.0578. The minimum Gasteiger partial charge on any atom is -0.349 e. The van der Waals surface area contributed by atoms with Crippen LogP contribution in [0, 0.1) is 5.92 Å². The summed E-state index contributed by atoms with van der Waals surface area (Å²) in [7, 11) is 0. The highest BCUT2D eigenvalue weighted by Gasteiger charge is 2.12. The molecule has 1 rings (SSSR count). The highest BCUT2D eigenvalue weighted by atomic mass is 32.1. The van der Waals surface area contributed by atoms with E-state index in [9.17, 15) is 4.79 Å². The molecule has 0 aliphatic rings. The van der Waals surface area contributed by atoms with Crippen molar-refractivity contribution in [3.63, 3.8) is 0 Å². The van der Waals surface area contributed by atoms with E-state index in [1.165, 1.54) is 4.88 Å². The van der Waals surface area contributed by atoms with Gasteiger partial charge in [0.25, 0.3) is 0 Å². The van der Waals surface area contributed by atoms with Gasteiger partial charge in [-0.3, -0.25) is 4.79 Å². The fourth-order valence-corrected chi connectivity index (χ4v) is 1.72. The van der Waals surface area contributed by atoms with E-state index in [0.717, 1.165) is 0 Å². The standard InChI is InChI=1S/C10H15NOS/c1-7(2)10(12)11-8(3)9-5-4-6-13-9/h4-8H,1-3H3,(H,11,12)/t8-/m1/s1. The summed E-state index contributed by atoms with van der Waals surface area (Å²) < 4.78 is 0. The fraction of sp³-hybridized carbons (Fsp3) is 0.500. The third-order valence-corrected chi connectivity index (χ3v) is 2.91. The second-order valence-electron chi connectivity index (χ2n) is 3.40. The van der Waals surface area contributed by atoms with Crippen molar-refractivity contribution in [3.05, 3.63) is 22.4 Å². The average molecular weight is 197 g/mol. The number of amides is 1. The van der Waals surface area contributed by atoms with E-state index >= 15 is 0 Å². The summed E-state index contributed by atoms with van der Waals surface area (Å²) in [6.07, 6.45) is 0. The SMILES string of the molecule is CC(C)C(=O)N[C@H](C)c1cccs1. The molecule has 2 nitrogen and oxygen atoms in total. The van der Waals surface area contributed by atoms with E-state index in [0.29, 0.717) is 0 Å². The van der Waals surface area contributed by atoms with Crippen LogP contribution in [0.2, 0.25) is 0 Å². The van der Waals surface area contributed by atoms with Gasteiger partial charge >= 0.3 is 0 Å². The zero-order chi connectivity index (χ0) is 9.84. The molecule has 1 aromatic heterocycles. The zero-order valence-corrected chi connectivity index (χ0v) is 9.02. The summed E-state index contributed by atoms with van der Waals surface area (Å²) in [6.45, 7) is 5.80. The summed E-state index contributed by atoms with van der Waals surface area (Å²) in [5.74, 6) is 0.170. The predicted octanol–water partition coefficient (Wildman–Crippen LogP) is 2.58. The van der Waals surface area contributed by atoms with Crippen LogP contribution in [0.15, 0.2) is 17.5 Å². The molecule has 0 bridgehead atoms. The first kappa shape index (κ1) is 10.3. The Labute approximate surface area is 83.0 Å². The largest absolute Gasteiger partial charge is 0.349 e. The predicted molar refractivity (Wildman–Crippen MR) is 55.7 cm³/mol. The number of hydrogen-bond acceptors (Lipinski definition) is 2. The lowest BCUT2D eigenvalue weighted by Gasteiger charge is -2.13. The number of carbonyl (C=O) groups is 1. The summed E-state index contributed by atoms with van der Waals surface area (Å²) in [4.78, 5) is 12.5. The molecule has 0 fully saturated rings. The van der Waals surface area contributed by atoms with Crippen LogP contribution in [0.3, 0.4) is 0 Å². The third kappa shape index (κ3) is 2.84. The Morgan fingerprint density at radius 3 is 2.62 bits per heavy atom. The normalized spacial score (nSPS) is 12.9. The molecule has 0 radical (unpaired) electrons. The van der Waals surface area contributed by atoms with Crippen molar-refractivity contribution < 1.29 is 4.79 Å². The molecule has 13 heavy (non-hydrogen) atoms. The van der Waals surface area contributed by atoms with E-state index in [1.807, 2.05) is 38.3 Å². The molecule has 1 N–H and O–H groups in total. The molecule has 0 aliphatic carbocycles. The maximum absolute atomic E-state index is 11.3. The fourth-order valence-electron chi connectivity index (χ4n) is 0.989. The highest BCUT2D eigenvalue weighted by molar-refractivity contribution is 7.10. The van der Waals surface area contributed by atoms with Gasteiger partial charge in [0, 0.05) is 10.8 Å². The molecule has 0 unspecified atom stereocenters. The van der Waals surface area contributed by atoms with E-state index in [4.69, 9.17) is 0 Å². The maximum Gasteiger partial charge on any atom is 0.223 e. The van der Waals surface area contributed by atoms with E-state index in [2.05, 4.69) is 5.32 Å². The lowest BCUT2D eigenvalue weighted by Crippen LogP contribution is -2.29. The van der Waals surface area contributed by atoms with Gasteiger partial charge in [0.15, 0.2) is 0 Å². The molecule has 3 heteroatoms. The molecule has 1 aromatic rings. The van der Waals surface area contributed by atoms with Crippen molar-refractivity contribution >= 4 is 17.2 Å². The van der Waals surface area contributed by atoms with Gasteiger partial charge in [0.1, 0.15) is 0 Å². The summed E-state index contributed by atoms with van der Waals surface area (Å²) >= 11 is 1.67. The molecule has 0 aliphatic heterocycles. The Kier molecular flexibility index (Phi) is 3.48. The second kappa shape index (κ2) is 4.42. The van der Waals surface area contributed by atoms with Gasteiger partial charge in [0.2, 0.25) is 5.91 Å². The topological polar surface area (TPSA) is 29.1 Å². The van der Waals surface area contributed by atoms with Crippen molar-refractivity contribution in [2.24, 2.45) is 5.92 Å². The lowest BCUT2D eigenvalue weighted by molar-refractivity contribution is -0.124. The van der Waals surface area contributed by atoms with Crippen LogP contribution in [0.4, 0.5) is 0 Å². The maximum atomic E-state index is 11.3.